The largest absolute Gasteiger partial charge is 0.367 e. The van der Waals surface area contributed by atoms with Crippen LogP contribution in [-0.4, -0.2) is 22.5 Å². The van der Waals surface area contributed by atoms with Crippen molar-refractivity contribution < 1.29 is 9.63 Å². The zero-order chi connectivity index (χ0) is 11.1. The van der Waals surface area contributed by atoms with Gasteiger partial charge < -0.3 is 4.84 Å². The van der Waals surface area contributed by atoms with Gasteiger partial charge in [0.2, 0.25) is 0 Å². The summed E-state index contributed by atoms with van der Waals surface area (Å²) < 4.78 is 0. The van der Waals surface area contributed by atoms with Crippen molar-refractivity contribution in [3.8, 4) is 0 Å². The van der Waals surface area contributed by atoms with Crippen LogP contribution in [0.3, 0.4) is 0 Å². The average Bonchev–Trinajstić information content (AvgIpc) is 2.25. The highest BCUT2D eigenvalue weighted by atomic mass is 16.7. The average molecular weight is 209 g/mol. The normalized spacial score (nSPS) is 10.0. The first-order chi connectivity index (χ1) is 7.25. The van der Waals surface area contributed by atoms with E-state index in [1.807, 2.05) is 0 Å². The van der Waals surface area contributed by atoms with Crippen molar-refractivity contribution in [2.75, 3.05) is 6.54 Å². The third-order valence-electron chi connectivity index (χ3n) is 1.93. The summed E-state index contributed by atoms with van der Waals surface area (Å²) in [5, 5.41) is 0. The molecule has 1 aromatic rings. The number of carbonyl (C=O) groups is 1. The number of nitrogens with one attached hydrogen (secondary N) is 1. The second kappa shape index (κ2) is 6.08. The van der Waals surface area contributed by atoms with Crippen LogP contribution in [0.2, 0.25) is 0 Å². The second-order valence-corrected chi connectivity index (χ2v) is 3.16. The van der Waals surface area contributed by atoms with E-state index < -0.39 is 5.97 Å². The first-order valence-corrected chi connectivity index (χ1v) is 4.96. The quantitative estimate of drug-likeness (QED) is 0.584. The van der Waals surface area contributed by atoms with E-state index in [-0.39, 0.29) is 0 Å². The molecular weight excluding hydrogens is 194 g/mol. The molecule has 0 unspecified atom stereocenters. The van der Waals surface area contributed by atoms with E-state index in [1.54, 1.807) is 6.92 Å². The van der Waals surface area contributed by atoms with Crippen molar-refractivity contribution in [2.45, 2.75) is 26.7 Å². The van der Waals surface area contributed by atoms with E-state index in [0.29, 0.717) is 17.8 Å². The Kier molecular flexibility index (Phi) is 4.70. The minimum Gasteiger partial charge on any atom is -0.367 e. The van der Waals surface area contributed by atoms with E-state index in [1.165, 1.54) is 12.5 Å². The molecule has 0 aliphatic heterocycles. The predicted octanol–water partition coefficient (Wildman–Crippen LogP) is 1.25. The summed E-state index contributed by atoms with van der Waals surface area (Å²) in [6.45, 7) is 4.47. The van der Waals surface area contributed by atoms with E-state index in [0.717, 1.165) is 12.8 Å². The van der Waals surface area contributed by atoms with Gasteiger partial charge in [-0.05, 0) is 13.3 Å². The summed E-state index contributed by atoms with van der Waals surface area (Å²) in [5.74, 6) is -0.441. The molecule has 0 bridgehead atoms. The van der Waals surface area contributed by atoms with Gasteiger partial charge in [0.25, 0.3) is 0 Å². The minimum atomic E-state index is -0.441. The van der Waals surface area contributed by atoms with Gasteiger partial charge in [-0.3, -0.25) is 0 Å². The van der Waals surface area contributed by atoms with E-state index in [9.17, 15) is 4.79 Å². The lowest BCUT2D eigenvalue weighted by molar-refractivity contribution is 0.0250. The van der Waals surface area contributed by atoms with Crippen molar-refractivity contribution in [3.05, 3.63) is 23.8 Å². The number of aryl methyl sites for hydroxylation is 1. The minimum absolute atomic E-state index is 0.390. The molecule has 0 aliphatic carbocycles. The highest BCUT2D eigenvalue weighted by molar-refractivity contribution is 5.89. The molecule has 0 atom stereocenters. The number of aromatic nitrogens is 2. The fraction of sp³-hybridized carbons (Fsp3) is 0.500. The SMILES string of the molecule is CCCCNOC(=O)c1cncnc1C. The summed E-state index contributed by atoms with van der Waals surface area (Å²) in [6.07, 6.45) is 4.87. The van der Waals surface area contributed by atoms with Gasteiger partial charge in [0.1, 0.15) is 11.9 Å². The van der Waals surface area contributed by atoms with Crippen LogP contribution < -0.4 is 5.48 Å². The van der Waals surface area contributed by atoms with Crippen LogP contribution in [0.4, 0.5) is 0 Å². The molecule has 1 N–H and O–H groups in total. The predicted molar refractivity (Wildman–Crippen MR) is 55.1 cm³/mol. The molecule has 0 fully saturated rings. The molecule has 1 aromatic heterocycles. The number of hydroxylamine groups is 1. The van der Waals surface area contributed by atoms with Crippen molar-refractivity contribution in [2.24, 2.45) is 0 Å². The monoisotopic (exact) mass is 209 g/mol. The van der Waals surface area contributed by atoms with Crippen LogP contribution in [0.1, 0.15) is 35.8 Å². The molecule has 15 heavy (non-hydrogen) atoms. The van der Waals surface area contributed by atoms with Crippen LogP contribution in [0.25, 0.3) is 0 Å². The smallest absolute Gasteiger partial charge is 0.360 e. The Morgan fingerprint density at radius 1 is 1.60 bits per heavy atom. The van der Waals surface area contributed by atoms with Crippen LogP contribution in [0.15, 0.2) is 12.5 Å². The van der Waals surface area contributed by atoms with Crippen molar-refractivity contribution >= 4 is 5.97 Å². The highest BCUT2D eigenvalue weighted by Crippen LogP contribution is 2.02. The standard InChI is InChI=1S/C10H15N3O2/c1-3-4-5-13-15-10(14)9-6-11-7-12-8(9)2/h6-7,13H,3-5H2,1-2H3. The van der Waals surface area contributed by atoms with Gasteiger partial charge in [-0.25, -0.2) is 14.8 Å². The molecule has 1 rings (SSSR count). The second-order valence-electron chi connectivity index (χ2n) is 3.16. The molecule has 0 saturated carbocycles. The lowest BCUT2D eigenvalue weighted by Crippen LogP contribution is -2.21. The van der Waals surface area contributed by atoms with Crippen LogP contribution in [0, 0.1) is 6.92 Å². The Bertz CT molecular complexity index is 328. The topological polar surface area (TPSA) is 64.1 Å². The van der Waals surface area contributed by atoms with Crippen molar-refractivity contribution in [1.82, 2.24) is 15.4 Å². The third-order valence-corrected chi connectivity index (χ3v) is 1.93. The Balaban J connectivity index is 2.44. The zero-order valence-corrected chi connectivity index (χ0v) is 8.99. The zero-order valence-electron chi connectivity index (χ0n) is 8.99. The Hall–Kier alpha value is -1.49. The number of carbonyl (C=O) groups excluding carboxylic acids is 1. The maximum atomic E-state index is 11.5. The summed E-state index contributed by atoms with van der Waals surface area (Å²) in [6, 6.07) is 0. The molecule has 5 heteroatoms. The molecule has 0 saturated heterocycles. The highest BCUT2D eigenvalue weighted by Gasteiger charge is 2.10. The van der Waals surface area contributed by atoms with Gasteiger partial charge in [-0.2, -0.15) is 5.48 Å². The van der Waals surface area contributed by atoms with Gasteiger partial charge in [-0.15, -0.1) is 0 Å². The van der Waals surface area contributed by atoms with Gasteiger partial charge in [0, 0.05) is 12.7 Å². The first-order valence-electron chi connectivity index (χ1n) is 4.96. The number of nitrogens with zero attached hydrogens (tertiary/aromatic N) is 2. The molecule has 5 nitrogen and oxygen atoms in total. The van der Waals surface area contributed by atoms with E-state index >= 15 is 0 Å². The lowest BCUT2D eigenvalue weighted by Gasteiger charge is -2.05. The molecular formula is C10H15N3O2. The van der Waals surface area contributed by atoms with Crippen LogP contribution in [-0.2, 0) is 4.84 Å². The maximum Gasteiger partial charge on any atom is 0.360 e. The molecule has 0 amide bonds. The lowest BCUT2D eigenvalue weighted by atomic mass is 10.2. The van der Waals surface area contributed by atoms with Gasteiger partial charge in [-0.1, -0.05) is 13.3 Å². The molecule has 1 heterocycles. The van der Waals surface area contributed by atoms with Gasteiger partial charge in [0.15, 0.2) is 0 Å². The molecule has 0 spiro atoms. The van der Waals surface area contributed by atoms with Crippen LogP contribution >= 0.6 is 0 Å². The number of unbranched alkanes of at least 4 members (excludes halogenated alkanes) is 1. The summed E-state index contributed by atoms with van der Waals surface area (Å²) in [5.41, 5.74) is 3.61. The van der Waals surface area contributed by atoms with Crippen molar-refractivity contribution in [1.29, 1.82) is 0 Å². The number of rotatable bonds is 5. The molecule has 0 aliphatic rings. The molecule has 82 valence electrons. The van der Waals surface area contributed by atoms with Crippen LogP contribution in [0.5, 0.6) is 0 Å². The van der Waals surface area contributed by atoms with E-state index in [2.05, 4.69) is 22.4 Å². The van der Waals surface area contributed by atoms with Gasteiger partial charge in [0.05, 0.1) is 5.69 Å². The molecule has 0 aromatic carbocycles. The first kappa shape index (κ1) is 11.6. The molecule has 0 radical (unpaired) electrons. The van der Waals surface area contributed by atoms with Crippen molar-refractivity contribution in [3.63, 3.8) is 0 Å². The van der Waals surface area contributed by atoms with Gasteiger partial charge >= 0.3 is 5.97 Å². The maximum absolute atomic E-state index is 11.5. The Morgan fingerprint density at radius 3 is 3.07 bits per heavy atom. The number of hydrogen-bond donors (Lipinski definition) is 1. The Morgan fingerprint density at radius 2 is 2.40 bits per heavy atom. The summed E-state index contributed by atoms with van der Waals surface area (Å²) in [4.78, 5) is 24.0. The summed E-state index contributed by atoms with van der Waals surface area (Å²) >= 11 is 0. The fourth-order valence-electron chi connectivity index (χ4n) is 1.01. The Labute approximate surface area is 88.8 Å². The third kappa shape index (κ3) is 3.63. The number of hydrogen-bond acceptors (Lipinski definition) is 5. The fourth-order valence-corrected chi connectivity index (χ4v) is 1.01. The van der Waals surface area contributed by atoms with E-state index in [4.69, 9.17) is 4.84 Å². The summed E-state index contributed by atoms with van der Waals surface area (Å²) in [7, 11) is 0.